The van der Waals surface area contributed by atoms with Crippen molar-refractivity contribution < 1.29 is 8.91 Å². The highest BCUT2D eigenvalue weighted by Gasteiger charge is 2.15. The first-order valence-corrected chi connectivity index (χ1v) is 9.47. The second-order valence-electron chi connectivity index (χ2n) is 6.45. The summed E-state index contributed by atoms with van der Waals surface area (Å²) in [5.41, 5.74) is 5.18. The third-order valence-corrected chi connectivity index (χ3v) is 5.24. The Hall–Kier alpha value is -2.47. The molecule has 4 nitrogen and oxygen atoms in total. The lowest BCUT2D eigenvalue weighted by molar-refractivity contribution is 0.434. The molecule has 0 bridgehead atoms. The molecule has 0 aliphatic carbocycles. The fraction of sp³-hybridized carbons (Fsp3) is 0.238. The maximum atomic E-state index is 13.8. The van der Waals surface area contributed by atoms with E-state index in [1.165, 1.54) is 6.07 Å². The molecule has 0 aliphatic rings. The van der Waals surface area contributed by atoms with E-state index in [0.717, 1.165) is 28.9 Å². The molecule has 0 unspecified atom stereocenters. The third-order valence-electron chi connectivity index (χ3n) is 4.44. The molecule has 3 aromatic rings. The topological polar surface area (TPSA) is 41.6 Å². The number of aryl methyl sites for hydroxylation is 2. The van der Waals surface area contributed by atoms with Gasteiger partial charge in [0.1, 0.15) is 11.5 Å². The van der Waals surface area contributed by atoms with E-state index in [1.54, 1.807) is 12.1 Å². The van der Waals surface area contributed by atoms with E-state index in [2.05, 4.69) is 33.0 Å². The van der Waals surface area contributed by atoms with Crippen molar-refractivity contribution in [1.82, 2.24) is 10.1 Å². The van der Waals surface area contributed by atoms with Crippen molar-refractivity contribution in [1.29, 1.82) is 0 Å². The van der Waals surface area contributed by atoms with E-state index in [4.69, 9.17) is 4.52 Å². The van der Waals surface area contributed by atoms with Gasteiger partial charge in [-0.15, -0.1) is 0 Å². The fourth-order valence-corrected chi connectivity index (χ4v) is 3.15. The first kappa shape index (κ1) is 19.3. The lowest BCUT2D eigenvalue weighted by Gasteiger charge is -2.10. The number of hydrogen-bond donors (Lipinski definition) is 0. The van der Waals surface area contributed by atoms with E-state index in [9.17, 15) is 4.39 Å². The quantitative estimate of drug-likeness (QED) is 0.361. The van der Waals surface area contributed by atoms with E-state index < -0.39 is 0 Å². The second-order valence-corrected chi connectivity index (χ2v) is 7.24. The van der Waals surface area contributed by atoms with Crippen molar-refractivity contribution in [3.05, 3.63) is 57.8 Å². The Morgan fingerprint density at radius 3 is 2.70 bits per heavy atom. The SMILES string of the molecule is CCN(C)C=Nc1cc(C)c(-c2cc(-c3cccc(F)c3Br)no2)cc1C. The Labute approximate surface area is 166 Å². The van der Waals surface area contributed by atoms with Crippen LogP contribution in [0.5, 0.6) is 0 Å². The molecule has 1 heterocycles. The van der Waals surface area contributed by atoms with Crippen molar-refractivity contribution in [3.8, 4) is 22.6 Å². The minimum atomic E-state index is -0.330. The lowest BCUT2D eigenvalue weighted by atomic mass is 10.0. The Kier molecular flexibility index (Phi) is 5.75. The maximum Gasteiger partial charge on any atom is 0.167 e. The van der Waals surface area contributed by atoms with Gasteiger partial charge < -0.3 is 9.42 Å². The molecular formula is C21H21BrFN3O. The smallest absolute Gasteiger partial charge is 0.167 e. The molecule has 0 atom stereocenters. The van der Waals surface area contributed by atoms with E-state index in [-0.39, 0.29) is 5.82 Å². The molecule has 3 rings (SSSR count). The number of halogens is 2. The molecule has 0 saturated carbocycles. The molecule has 0 aliphatic heterocycles. The minimum absolute atomic E-state index is 0.330. The van der Waals surface area contributed by atoms with Gasteiger partial charge in [-0.2, -0.15) is 0 Å². The van der Waals surface area contributed by atoms with E-state index >= 15 is 0 Å². The van der Waals surface area contributed by atoms with Crippen LogP contribution < -0.4 is 0 Å². The van der Waals surface area contributed by atoms with Crippen LogP contribution in [0.4, 0.5) is 10.1 Å². The lowest BCUT2D eigenvalue weighted by Crippen LogP contribution is -2.14. The molecule has 0 N–H and O–H groups in total. The van der Waals surface area contributed by atoms with Gasteiger partial charge in [-0.25, -0.2) is 9.38 Å². The zero-order valence-electron chi connectivity index (χ0n) is 15.8. The number of aromatic nitrogens is 1. The molecule has 1 aromatic heterocycles. The zero-order valence-corrected chi connectivity index (χ0v) is 17.3. The Bertz CT molecular complexity index is 997. The van der Waals surface area contributed by atoms with Crippen LogP contribution in [-0.4, -0.2) is 30.0 Å². The Morgan fingerprint density at radius 2 is 1.96 bits per heavy atom. The summed E-state index contributed by atoms with van der Waals surface area (Å²) < 4.78 is 19.7. The number of benzene rings is 2. The van der Waals surface area contributed by atoms with Crippen LogP contribution in [0, 0.1) is 19.7 Å². The average Bonchev–Trinajstić information content (AvgIpc) is 3.13. The highest BCUT2D eigenvalue weighted by atomic mass is 79.9. The van der Waals surface area contributed by atoms with Crippen molar-refractivity contribution in [2.75, 3.05) is 13.6 Å². The van der Waals surface area contributed by atoms with Gasteiger partial charge in [0.2, 0.25) is 0 Å². The van der Waals surface area contributed by atoms with Crippen LogP contribution in [0.15, 0.2) is 50.4 Å². The summed E-state index contributed by atoms with van der Waals surface area (Å²) in [6, 6.07) is 10.8. The summed E-state index contributed by atoms with van der Waals surface area (Å²) in [4.78, 5) is 6.57. The normalized spacial score (nSPS) is 11.3. The molecule has 0 fully saturated rings. The van der Waals surface area contributed by atoms with Crippen LogP contribution in [0.2, 0.25) is 0 Å². The summed E-state index contributed by atoms with van der Waals surface area (Å²) in [5, 5.41) is 4.12. The predicted molar refractivity (Wildman–Crippen MR) is 111 cm³/mol. The fourth-order valence-electron chi connectivity index (χ4n) is 2.68. The van der Waals surface area contributed by atoms with Gasteiger partial charge in [0.05, 0.1) is 16.5 Å². The maximum absolute atomic E-state index is 13.8. The Morgan fingerprint density at radius 1 is 1.19 bits per heavy atom. The van der Waals surface area contributed by atoms with Gasteiger partial charge >= 0.3 is 0 Å². The van der Waals surface area contributed by atoms with Crippen LogP contribution >= 0.6 is 15.9 Å². The van der Waals surface area contributed by atoms with Gasteiger partial charge in [0, 0.05) is 30.8 Å². The average molecular weight is 430 g/mol. The minimum Gasteiger partial charge on any atom is -0.366 e. The van der Waals surface area contributed by atoms with Crippen LogP contribution in [0.1, 0.15) is 18.1 Å². The number of aliphatic imine (C=N–C) groups is 1. The van der Waals surface area contributed by atoms with Crippen LogP contribution in [-0.2, 0) is 0 Å². The molecule has 27 heavy (non-hydrogen) atoms. The first-order valence-electron chi connectivity index (χ1n) is 8.67. The van der Waals surface area contributed by atoms with Crippen molar-refractivity contribution in [3.63, 3.8) is 0 Å². The van der Waals surface area contributed by atoms with Crippen LogP contribution in [0.25, 0.3) is 22.6 Å². The summed E-state index contributed by atoms with van der Waals surface area (Å²) in [6.45, 7) is 7.00. The van der Waals surface area contributed by atoms with Gasteiger partial charge in [0.25, 0.3) is 0 Å². The van der Waals surface area contributed by atoms with Gasteiger partial charge in [-0.1, -0.05) is 17.3 Å². The molecule has 0 amide bonds. The van der Waals surface area contributed by atoms with E-state index in [1.807, 2.05) is 50.3 Å². The first-order chi connectivity index (χ1) is 12.9. The van der Waals surface area contributed by atoms with Gasteiger partial charge in [-0.3, -0.25) is 0 Å². The van der Waals surface area contributed by atoms with E-state index in [0.29, 0.717) is 21.5 Å². The highest BCUT2D eigenvalue weighted by molar-refractivity contribution is 9.10. The summed E-state index contributed by atoms with van der Waals surface area (Å²) in [6.07, 6.45) is 1.83. The Balaban J connectivity index is 1.96. The number of hydrogen-bond acceptors (Lipinski definition) is 3. The monoisotopic (exact) mass is 429 g/mol. The van der Waals surface area contributed by atoms with Gasteiger partial charge in [0.15, 0.2) is 5.76 Å². The number of rotatable bonds is 5. The summed E-state index contributed by atoms with van der Waals surface area (Å²) in [7, 11) is 1.99. The zero-order chi connectivity index (χ0) is 19.6. The molecule has 6 heteroatoms. The third kappa shape index (κ3) is 4.11. The molecule has 0 radical (unpaired) electrons. The van der Waals surface area contributed by atoms with Crippen LogP contribution in [0.3, 0.4) is 0 Å². The second kappa shape index (κ2) is 8.05. The molecule has 0 saturated heterocycles. The van der Waals surface area contributed by atoms with Crippen molar-refractivity contribution in [2.45, 2.75) is 20.8 Å². The number of nitrogens with zero attached hydrogens (tertiary/aromatic N) is 3. The molecule has 2 aromatic carbocycles. The van der Waals surface area contributed by atoms with Gasteiger partial charge in [-0.05, 0) is 66.0 Å². The summed E-state index contributed by atoms with van der Waals surface area (Å²) >= 11 is 3.28. The van der Waals surface area contributed by atoms with Crippen molar-refractivity contribution in [2.24, 2.45) is 4.99 Å². The molecular weight excluding hydrogens is 409 g/mol. The standard InChI is InChI=1S/C21H21BrFN3O/c1-5-26(4)12-24-18-10-13(2)16(9-14(18)3)20-11-19(25-27-20)15-7-6-8-17(23)21(15)22/h6-12H,5H2,1-4H3. The summed E-state index contributed by atoms with van der Waals surface area (Å²) in [5.74, 6) is 0.311. The molecule has 0 spiro atoms. The largest absolute Gasteiger partial charge is 0.366 e. The predicted octanol–water partition coefficient (Wildman–Crippen LogP) is 6.14. The molecule has 140 valence electrons. The van der Waals surface area contributed by atoms with Crippen molar-refractivity contribution >= 4 is 28.0 Å². The highest BCUT2D eigenvalue weighted by Crippen LogP contribution is 2.35.